The van der Waals surface area contributed by atoms with Crippen molar-refractivity contribution in [3.63, 3.8) is 0 Å². The Morgan fingerprint density at radius 3 is 2.36 bits per heavy atom. The van der Waals surface area contributed by atoms with Crippen LogP contribution in [0, 0.1) is 0 Å². The molecule has 2 rings (SSSR count). The van der Waals surface area contributed by atoms with Gasteiger partial charge in [-0.25, -0.2) is 0 Å². The fourth-order valence-corrected chi connectivity index (χ4v) is 2.62. The van der Waals surface area contributed by atoms with Gasteiger partial charge in [-0.15, -0.1) is 0 Å². The van der Waals surface area contributed by atoms with E-state index in [0.29, 0.717) is 0 Å². The minimum absolute atomic E-state index is 0.172. The summed E-state index contributed by atoms with van der Waals surface area (Å²) in [6, 6.07) is 8.15. The molecule has 2 nitrogen and oxygen atoms in total. The van der Waals surface area contributed by atoms with Crippen LogP contribution >= 0.6 is 0 Å². The first-order valence-electron chi connectivity index (χ1n) is 5.33. The molecule has 2 heteroatoms. The van der Waals surface area contributed by atoms with Crippen molar-refractivity contribution in [3.8, 4) is 0 Å². The van der Waals surface area contributed by atoms with Crippen molar-refractivity contribution in [2.24, 2.45) is 5.73 Å². The van der Waals surface area contributed by atoms with Gasteiger partial charge in [-0.1, -0.05) is 31.0 Å². The number of para-hydroxylation sites is 1. The minimum Gasteiger partial charge on any atom is -0.398 e. The number of nitrogens with two attached hydrogens (primary N) is 2. The van der Waals surface area contributed by atoms with E-state index in [-0.39, 0.29) is 5.41 Å². The highest BCUT2D eigenvalue weighted by Gasteiger charge is 2.35. The predicted molar refractivity (Wildman–Crippen MR) is 60.1 cm³/mol. The molecular weight excluding hydrogens is 172 g/mol. The summed E-state index contributed by atoms with van der Waals surface area (Å²) in [6.45, 7) is 0.723. The first-order valence-corrected chi connectivity index (χ1v) is 5.33. The molecule has 0 atom stereocenters. The lowest BCUT2D eigenvalue weighted by Crippen LogP contribution is -2.32. The maximum atomic E-state index is 6.01. The largest absolute Gasteiger partial charge is 0.398 e. The van der Waals surface area contributed by atoms with Crippen LogP contribution < -0.4 is 11.5 Å². The highest BCUT2D eigenvalue weighted by molar-refractivity contribution is 5.51. The van der Waals surface area contributed by atoms with Crippen molar-refractivity contribution in [3.05, 3.63) is 29.8 Å². The van der Waals surface area contributed by atoms with Crippen LogP contribution in [-0.4, -0.2) is 6.54 Å². The summed E-state index contributed by atoms with van der Waals surface area (Å²) in [5.74, 6) is 0. The third-order valence-corrected chi connectivity index (χ3v) is 3.48. The molecule has 0 amide bonds. The lowest BCUT2D eigenvalue weighted by atomic mass is 9.78. The molecule has 0 radical (unpaired) electrons. The van der Waals surface area contributed by atoms with Gasteiger partial charge in [-0.3, -0.25) is 0 Å². The van der Waals surface area contributed by atoms with Crippen molar-refractivity contribution < 1.29 is 0 Å². The molecule has 4 N–H and O–H groups in total. The third kappa shape index (κ3) is 1.40. The van der Waals surface area contributed by atoms with Crippen molar-refractivity contribution in [1.82, 2.24) is 0 Å². The zero-order chi connectivity index (χ0) is 10.0. The van der Waals surface area contributed by atoms with E-state index in [0.717, 1.165) is 12.2 Å². The van der Waals surface area contributed by atoms with Crippen LogP contribution in [-0.2, 0) is 5.41 Å². The van der Waals surface area contributed by atoms with Gasteiger partial charge in [-0.2, -0.15) is 0 Å². The molecule has 1 aromatic carbocycles. The summed E-state index contributed by atoms with van der Waals surface area (Å²) >= 11 is 0. The minimum atomic E-state index is 0.172. The molecule has 76 valence electrons. The summed E-state index contributed by atoms with van der Waals surface area (Å²) < 4.78 is 0. The average Bonchev–Trinajstić information content (AvgIpc) is 2.68. The highest BCUT2D eigenvalue weighted by atomic mass is 14.6. The van der Waals surface area contributed by atoms with Crippen LogP contribution in [0.4, 0.5) is 5.69 Å². The molecule has 1 aliphatic rings. The molecule has 0 aliphatic heterocycles. The van der Waals surface area contributed by atoms with E-state index in [4.69, 9.17) is 11.5 Å². The first kappa shape index (κ1) is 9.53. The fraction of sp³-hybridized carbons (Fsp3) is 0.500. The molecule has 14 heavy (non-hydrogen) atoms. The molecule has 0 saturated heterocycles. The second kappa shape index (κ2) is 3.62. The molecule has 0 bridgehead atoms. The van der Waals surface area contributed by atoms with Crippen LogP contribution in [0.25, 0.3) is 0 Å². The number of benzene rings is 1. The maximum Gasteiger partial charge on any atom is 0.0352 e. The van der Waals surface area contributed by atoms with E-state index in [1.807, 2.05) is 12.1 Å². The predicted octanol–water partition coefficient (Wildman–Crippen LogP) is 2.04. The quantitative estimate of drug-likeness (QED) is 0.701. The molecule has 0 unspecified atom stereocenters. The second-order valence-electron chi connectivity index (χ2n) is 4.28. The summed E-state index contributed by atoms with van der Waals surface area (Å²) in [6.07, 6.45) is 4.95. The first-order chi connectivity index (χ1) is 6.78. The molecule has 0 heterocycles. The van der Waals surface area contributed by atoms with E-state index in [2.05, 4.69) is 12.1 Å². The monoisotopic (exact) mass is 190 g/mol. The van der Waals surface area contributed by atoms with Gasteiger partial charge in [-0.05, 0) is 24.5 Å². The van der Waals surface area contributed by atoms with Gasteiger partial charge in [0, 0.05) is 17.6 Å². The van der Waals surface area contributed by atoms with Gasteiger partial charge in [0.05, 0.1) is 0 Å². The number of rotatable bonds is 2. The number of nitrogen functional groups attached to an aromatic ring is 1. The van der Waals surface area contributed by atoms with Gasteiger partial charge >= 0.3 is 0 Å². The molecule has 1 aliphatic carbocycles. The topological polar surface area (TPSA) is 52.0 Å². The average molecular weight is 190 g/mol. The Morgan fingerprint density at radius 1 is 1.14 bits per heavy atom. The Kier molecular flexibility index (Phi) is 2.46. The van der Waals surface area contributed by atoms with E-state index >= 15 is 0 Å². The van der Waals surface area contributed by atoms with Crippen molar-refractivity contribution in [2.75, 3.05) is 12.3 Å². The van der Waals surface area contributed by atoms with Gasteiger partial charge in [0.15, 0.2) is 0 Å². The maximum absolute atomic E-state index is 6.01. The van der Waals surface area contributed by atoms with Crippen molar-refractivity contribution in [1.29, 1.82) is 0 Å². The molecule has 0 spiro atoms. The smallest absolute Gasteiger partial charge is 0.0352 e. The van der Waals surface area contributed by atoms with E-state index < -0.39 is 0 Å². The highest BCUT2D eigenvalue weighted by Crippen LogP contribution is 2.42. The van der Waals surface area contributed by atoms with E-state index in [9.17, 15) is 0 Å². The normalized spacial score (nSPS) is 19.8. The molecule has 0 aromatic heterocycles. The Balaban J connectivity index is 2.41. The zero-order valence-corrected chi connectivity index (χ0v) is 8.50. The molecule has 1 aromatic rings. The Morgan fingerprint density at radius 2 is 1.79 bits per heavy atom. The molecule has 1 fully saturated rings. The lowest BCUT2D eigenvalue weighted by Gasteiger charge is -2.29. The summed E-state index contributed by atoms with van der Waals surface area (Å²) in [7, 11) is 0. The Labute approximate surface area is 85.3 Å². The SMILES string of the molecule is NCC1(c2ccccc2N)CCCC1. The van der Waals surface area contributed by atoms with Crippen molar-refractivity contribution in [2.45, 2.75) is 31.1 Å². The Hall–Kier alpha value is -1.02. The number of hydrogen-bond acceptors (Lipinski definition) is 2. The van der Waals surface area contributed by atoms with Crippen LogP contribution in [0.5, 0.6) is 0 Å². The second-order valence-corrected chi connectivity index (χ2v) is 4.28. The van der Waals surface area contributed by atoms with Crippen LogP contribution in [0.3, 0.4) is 0 Å². The lowest BCUT2D eigenvalue weighted by molar-refractivity contribution is 0.455. The van der Waals surface area contributed by atoms with Gasteiger partial charge in [0.1, 0.15) is 0 Å². The van der Waals surface area contributed by atoms with Gasteiger partial charge < -0.3 is 11.5 Å². The fourth-order valence-electron chi connectivity index (χ4n) is 2.62. The van der Waals surface area contributed by atoms with Crippen LogP contribution in [0.2, 0.25) is 0 Å². The summed E-state index contributed by atoms with van der Waals surface area (Å²) in [4.78, 5) is 0. The standard InChI is InChI=1S/C12H18N2/c13-9-12(7-3-4-8-12)10-5-1-2-6-11(10)14/h1-2,5-6H,3-4,7-9,13-14H2. The van der Waals surface area contributed by atoms with E-state index in [1.54, 1.807) is 0 Å². The number of hydrogen-bond donors (Lipinski definition) is 2. The zero-order valence-electron chi connectivity index (χ0n) is 8.50. The summed E-state index contributed by atoms with van der Waals surface area (Å²) in [5.41, 5.74) is 14.3. The van der Waals surface area contributed by atoms with Gasteiger partial charge in [0.25, 0.3) is 0 Å². The van der Waals surface area contributed by atoms with E-state index in [1.165, 1.54) is 31.2 Å². The number of anilines is 1. The van der Waals surface area contributed by atoms with Gasteiger partial charge in [0.2, 0.25) is 0 Å². The van der Waals surface area contributed by atoms with Crippen LogP contribution in [0.15, 0.2) is 24.3 Å². The molecule has 1 saturated carbocycles. The van der Waals surface area contributed by atoms with Crippen molar-refractivity contribution >= 4 is 5.69 Å². The third-order valence-electron chi connectivity index (χ3n) is 3.48. The molecular formula is C12H18N2. The Bertz CT molecular complexity index is 314. The summed E-state index contributed by atoms with van der Waals surface area (Å²) in [5, 5.41) is 0. The van der Waals surface area contributed by atoms with Crippen LogP contribution in [0.1, 0.15) is 31.2 Å².